The van der Waals surface area contributed by atoms with Crippen molar-refractivity contribution in [3.8, 4) is 0 Å². The number of anilines is 2. The third-order valence-corrected chi connectivity index (χ3v) is 4.16. The Morgan fingerprint density at radius 2 is 2.22 bits per heavy atom. The lowest BCUT2D eigenvalue weighted by atomic mass is 9.87. The van der Waals surface area contributed by atoms with Gasteiger partial charge in [0, 0.05) is 19.6 Å². The van der Waals surface area contributed by atoms with Crippen LogP contribution < -0.4 is 15.5 Å². The Morgan fingerprint density at radius 3 is 3.06 bits per heavy atom. The zero-order chi connectivity index (χ0) is 12.6. The lowest BCUT2D eigenvalue weighted by Gasteiger charge is -2.47. The molecule has 0 bridgehead atoms. The molecule has 1 atom stereocenters. The molecule has 4 heteroatoms. The van der Waals surface area contributed by atoms with Crippen LogP contribution in [0.3, 0.4) is 0 Å². The number of nitrogens with zero attached hydrogens (tertiary/aromatic N) is 1. The molecule has 3 rings (SSSR count). The van der Waals surface area contributed by atoms with Crippen molar-refractivity contribution in [2.24, 2.45) is 0 Å². The van der Waals surface area contributed by atoms with Gasteiger partial charge in [-0.3, -0.25) is 4.79 Å². The molecule has 0 aliphatic carbocycles. The number of amides is 1. The number of benzene rings is 1. The second-order valence-electron chi connectivity index (χ2n) is 5.15. The summed E-state index contributed by atoms with van der Waals surface area (Å²) < 4.78 is 0. The lowest BCUT2D eigenvalue weighted by molar-refractivity contribution is -0.117. The first-order chi connectivity index (χ1) is 8.75. The van der Waals surface area contributed by atoms with E-state index in [1.54, 1.807) is 0 Å². The van der Waals surface area contributed by atoms with Crippen LogP contribution in [0.15, 0.2) is 24.3 Å². The molecular formula is C14H19N3O. The average Bonchev–Trinajstić information content (AvgIpc) is 2.52. The monoisotopic (exact) mass is 245 g/mol. The first-order valence-corrected chi connectivity index (χ1v) is 6.62. The van der Waals surface area contributed by atoms with Crippen molar-refractivity contribution in [1.29, 1.82) is 0 Å². The van der Waals surface area contributed by atoms with E-state index in [9.17, 15) is 4.79 Å². The van der Waals surface area contributed by atoms with Gasteiger partial charge in [0.05, 0.1) is 23.3 Å². The number of rotatable bonds is 1. The Hall–Kier alpha value is -1.55. The fourth-order valence-corrected chi connectivity index (χ4v) is 3.13. The van der Waals surface area contributed by atoms with Gasteiger partial charge in [0.25, 0.3) is 0 Å². The molecule has 2 aliphatic heterocycles. The van der Waals surface area contributed by atoms with Gasteiger partial charge in [-0.15, -0.1) is 0 Å². The van der Waals surface area contributed by atoms with E-state index in [1.807, 2.05) is 18.2 Å². The summed E-state index contributed by atoms with van der Waals surface area (Å²) >= 11 is 0. The van der Waals surface area contributed by atoms with Crippen molar-refractivity contribution in [2.75, 3.05) is 29.9 Å². The molecule has 1 aromatic rings. The molecular weight excluding hydrogens is 226 g/mol. The fraction of sp³-hybridized carbons (Fsp3) is 0.500. The smallest absolute Gasteiger partial charge is 0.226 e. The number of carbonyl (C=O) groups is 1. The van der Waals surface area contributed by atoms with Gasteiger partial charge in [-0.05, 0) is 18.6 Å². The molecule has 96 valence electrons. The normalized spacial score (nSPS) is 26.9. The summed E-state index contributed by atoms with van der Waals surface area (Å²) in [5, 5.41) is 6.46. The molecule has 0 saturated carbocycles. The number of hydrogen-bond donors (Lipinski definition) is 2. The molecule has 18 heavy (non-hydrogen) atoms. The van der Waals surface area contributed by atoms with E-state index in [0.29, 0.717) is 6.42 Å². The molecule has 0 spiro atoms. The molecule has 2 aliphatic rings. The highest BCUT2D eigenvalue weighted by atomic mass is 16.1. The maximum Gasteiger partial charge on any atom is 0.226 e. The third-order valence-electron chi connectivity index (χ3n) is 4.16. The molecule has 1 fully saturated rings. The van der Waals surface area contributed by atoms with Crippen LogP contribution >= 0.6 is 0 Å². The predicted octanol–water partition coefficient (Wildman–Crippen LogP) is 1.59. The van der Waals surface area contributed by atoms with Crippen molar-refractivity contribution < 1.29 is 4.79 Å². The minimum absolute atomic E-state index is 0.0745. The maximum absolute atomic E-state index is 12.1. The van der Waals surface area contributed by atoms with Crippen molar-refractivity contribution in [2.45, 2.75) is 25.3 Å². The second-order valence-corrected chi connectivity index (χ2v) is 5.15. The molecule has 2 N–H and O–H groups in total. The first kappa shape index (κ1) is 11.5. The SMILES string of the molecule is CCC12CNCCN1c1ccccc1NC(=O)C2. The molecule has 2 heterocycles. The van der Waals surface area contributed by atoms with Crippen LogP contribution in [0.25, 0.3) is 0 Å². The summed E-state index contributed by atoms with van der Waals surface area (Å²) in [6.45, 7) is 4.98. The third kappa shape index (κ3) is 1.68. The summed E-state index contributed by atoms with van der Waals surface area (Å²) in [7, 11) is 0. The Morgan fingerprint density at radius 1 is 1.39 bits per heavy atom. The average molecular weight is 245 g/mol. The van der Waals surface area contributed by atoms with Crippen molar-refractivity contribution in [1.82, 2.24) is 5.32 Å². The highest BCUT2D eigenvalue weighted by Crippen LogP contribution is 2.38. The van der Waals surface area contributed by atoms with Crippen LogP contribution in [0.5, 0.6) is 0 Å². The fourth-order valence-electron chi connectivity index (χ4n) is 3.13. The summed E-state index contributed by atoms with van der Waals surface area (Å²) in [5.74, 6) is 0.121. The number of nitrogens with one attached hydrogen (secondary N) is 2. The highest BCUT2D eigenvalue weighted by molar-refractivity contribution is 5.97. The molecule has 1 aromatic carbocycles. The van der Waals surface area contributed by atoms with Crippen LogP contribution in [0, 0.1) is 0 Å². The zero-order valence-corrected chi connectivity index (χ0v) is 10.7. The number of carbonyl (C=O) groups excluding carboxylic acids is 1. The van der Waals surface area contributed by atoms with Gasteiger partial charge in [-0.1, -0.05) is 19.1 Å². The summed E-state index contributed by atoms with van der Waals surface area (Å²) in [5.41, 5.74) is 2.03. The zero-order valence-electron chi connectivity index (χ0n) is 10.7. The topological polar surface area (TPSA) is 44.4 Å². The number of hydrogen-bond acceptors (Lipinski definition) is 3. The second kappa shape index (κ2) is 4.28. The van der Waals surface area contributed by atoms with Gasteiger partial charge in [0.2, 0.25) is 5.91 Å². The van der Waals surface area contributed by atoms with Crippen molar-refractivity contribution >= 4 is 17.3 Å². The van der Waals surface area contributed by atoms with E-state index in [4.69, 9.17) is 0 Å². The summed E-state index contributed by atoms with van der Waals surface area (Å²) in [6.07, 6.45) is 1.53. The van der Waals surface area contributed by atoms with Crippen molar-refractivity contribution in [3.63, 3.8) is 0 Å². The quantitative estimate of drug-likeness (QED) is 0.789. The van der Waals surface area contributed by atoms with Crippen LogP contribution in [0.4, 0.5) is 11.4 Å². The minimum atomic E-state index is -0.0745. The Bertz CT molecular complexity index is 474. The van der Waals surface area contributed by atoms with Crippen LogP contribution in [-0.4, -0.2) is 31.1 Å². The molecule has 1 saturated heterocycles. The van der Waals surface area contributed by atoms with E-state index in [0.717, 1.165) is 37.4 Å². The predicted molar refractivity (Wildman–Crippen MR) is 72.9 cm³/mol. The van der Waals surface area contributed by atoms with Crippen LogP contribution in [0.1, 0.15) is 19.8 Å². The number of piperazine rings is 1. The number of fused-ring (bicyclic) bond motifs is 3. The molecule has 0 radical (unpaired) electrons. The van der Waals surface area contributed by atoms with Crippen LogP contribution in [0.2, 0.25) is 0 Å². The van der Waals surface area contributed by atoms with E-state index in [2.05, 4.69) is 28.5 Å². The van der Waals surface area contributed by atoms with E-state index >= 15 is 0 Å². The maximum atomic E-state index is 12.1. The van der Waals surface area contributed by atoms with Gasteiger partial charge < -0.3 is 15.5 Å². The van der Waals surface area contributed by atoms with Gasteiger partial charge >= 0.3 is 0 Å². The van der Waals surface area contributed by atoms with Gasteiger partial charge in [0.1, 0.15) is 0 Å². The standard InChI is InChI=1S/C14H19N3O/c1-2-14-9-13(18)16-11-5-3-4-6-12(11)17(14)8-7-15-10-14/h3-6,15H,2,7-10H2,1H3,(H,16,18). The van der Waals surface area contributed by atoms with E-state index < -0.39 is 0 Å². The Labute approximate surface area is 107 Å². The Balaban J connectivity index is 2.12. The Kier molecular flexibility index (Phi) is 2.74. The number of para-hydroxylation sites is 2. The van der Waals surface area contributed by atoms with Gasteiger partial charge in [-0.2, -0.15) is 0 Å². The summed E-state index contributed by atoms with van der Waals surface area (Å²) in [4.78, 5) is 14.5. The lowest BCUT2D eigenvalue weighted by Crippen LogP contribution is -2.61. The van der Waals surface area contributed by atoms with Gasteiger partial charge in [-0.25, -0.2) is 0 Å². The van der Waals surface area contributed by atoms with Crippen molar-refractivity contribution in [3.05, 3.63) is 24.3 Å². The summed E-state index contributed by atoms with van der Waals surface area (Å²) in [6, 6.07) is 8.11. The molecule has 1 unspecified atom stereocenters. The minimum Gasteiger partial charge on any atom is -0.361 e. The van der Waals surface area contributed by atoms with Crippen LogP contribution in [-0.2, 0) is 4.79 Å². The molecule has 4 nitrogen and oxygen atoms in total. The molecule has 1 amide bonds. The van der Waals surface area contributed by atoms with E-state index in [-0.39, 0.29) is 11.4 Å². The van der Waals surface area contributed by atoms with Gasteiger partial charge in [0.15, 0.2) is 0 Å². The first-order valence-electron chi connectivity index (χ1n) is 6.62. The highest BCUT2D eigenvalue weighted by Gasteiger charge is 2.42. The molecule has 0 aromatic heterocycles. The largest absolute Gasteiger partial charge is 0.361 e. The van der Waals surface area contributed by atoms with E-state index in [1.165, 1.54) is 0 Å².